The molecule has 0 spiro atoms. The van der Waals surface area contributed by atoms with Crippen molar-refractivity contribution in [1.29, 1.82) is 0 Å². The molecule has 0 bridgehead atoms. The molecule has 0 aliphatic carbocycles. The van der Waals surface area contributed by atoms with Gasteiger partial charge in [0.15, 0.2) is 0 Å². The quantitative estimate of drug-likeness (QED) is 0.606. The zero-order valence-electron chi connectivity index (χ0n) is 15.6. The summed E-state index contributed by atoms with van der Waals surface area (Å²) in [4.78, 5) is 7.52. The van der Waals surface area contributed by atoms with Crippen molar-refractivity contribution in [3.8, 4) is 22.8 Å². The predicted octanol–water partition coefficient (Wildman–Crippen LogP) is 3.53. The van der Waals surface area contributed by atoms with Crippen molar-refractivity contribution < 1.29 is 31.1 Å². The maximum Gasteiger partial charge on any atom is 0.573 e. The molecule has 0 saturated heterocycles. The molecule has 1 heterocycles. The molecule has 0 radical (unpaired) electrons. The maximum atomic E-state index is 12.6. The van der Waals surface area contributed by atoms with Gasteiger partial charge in [0.1, 0.15) is 22.7 Å². The van der Waals surface area contributed by atoms with E-state index in [0.29, 0.717) is 17.1 Å². The zero-order valence-corrected chi connectivity index (χ0v) is 16.4. The van der Waals surface area contributed by atoms with Crippen LogP contribution in [0, 0.1) is 0 Å². The highest BCUT2D eigenvalue weighted by atomic mass is 32.2. The molecule has 0 aliphatic heterocycles. The Hall–Kier alpha value is -3.18. The summed E-state index contributed by atoms with van der Waals surface area (Å²) in [6, 6.07) is 13.1. The van der Waals surface area contributed by atoms with Crippen molar-refractivity contribution in [1.82, 2.24) is 14.7 Å². The number of hydrogen-bond acceptors (Lipinski definition) is 6. The molecular weight excluding hydrogens is 423 g/mol. The van der Waals surface area contributed by atoms with Crippen molar-refractivity contribution in [2.75, 3.05) is 7.11 Å². The van der Waals surface area contributed by atoms with Crippen LogP contribution in [-0.2, 0) is 16.6 Å². The summed E-state index contributed by atoms with van der Waals surface area (Å²) in [6.45, 7) is -0.256. The molecule has 1 aromatic heterocycles. The number of benzene rings is 2. The van der Waals surface area contributed by atoms with E-state index in [1.165, 1.54) is 18.5 Å². The van der Waals surface area contributed by atoms with E-state index < -0.39 is 27.0 Å². The van der Waals surface area contributed by atoms with E-state index in [-0.39, 0.29) is 6.54 Å². The molecule has 158 valence electrons. The Labute approximate surface area is 170 Å². The lowest BCUT2D eigenvalue weighted by Crippen LogP contribution is -2.26. The van der Waals surface area contributed by atoms with E-state index >= 15 is 0 Å². The molecule has 0 fully saturated rings. The number of nitrogens with one attached hydrogen (secondary N) is 1. The normalized spacial score (nSPS) is 11.9. The molecule has 30 heavy (non-hydrogen) atoms. The van der Waals surface area contributed by atoms with Crippen LogP contribution < -0.4 is 14.2 Å². The average molecular weight is 439 g/mol. The average Bonchev–Trinajstić information content (AvgIpc) is 2.72. The Morgan fingerprint density at radius 1 is 1.03 bits per heavy atom. The molecule has 0 saturated carbocycles. The summed E-state index contributed by atoms with van der Waals surface area (Å²) >= 11 is 0. The van der Waals surface area contributed by atoms with Gasteiger partial charge in [-0.2, -0.15) is 0 Å². The number of alkyl halides is 3. The number of ether oxygens (including phenoxy) is 2. The summed E-state index contributed by atoms with van der Waals surface area (Å²) in [5, 5.41) is 0. The number of nitrogens with zero attached hydrogens (tertiary/aromatic N) is 2. The summed E-state index contributed by atoms with van der Waals surface area (Å²) < 4.78 is 73.8. The number of para-hydroxylation sites is 1. The van der Waals surface area contributed by atoms with Crippen LogP contribution in [0.2, 0.25) is 0 Å². The minimum atomic E-state index is -5.02. The first kappa shape index (κ1) is 21.5. The number of aromatic nitrogens is 2. The van der Waals surface area contributed by atoms with Gasteiger partial charge in [0, 0.05) is 5.56 Å². The van der Waals surface area contributed by atoms with Crippen LogP contribution in [0.5, 0.6) is 11.5 Å². The molecule has 0 atom stereocenters. The van der Waals surface area contributed by atoms with Crippen LogP contribution in [0.3, 0.4) is 0 Å². The van der Waals surface area contributed by atoms with Crippen molar-refractivity contribution in [3.05, 3.63) is 66.6 Å². The van der Waals surface area contributed by atoms with Crippen LogP contribution in [0.15, 0.2) is 65.8 Å². The van der Waals surface area contributed by atoms with Crippen LogP contribution in [0.1, 0.15) is 5.69 Å². The molecule has 2 aromatic carbocycles. The lowest BCUT2D eigenvalue weighted by atomic mass is 10.1. The second-order valence-electron chi connectivity index (χ2n) is 5.94. The lowest BCUT2D eigenvalue weighted by molar-refractivity contribution is -0.275. The largest absolute Gasteiger partial charge is 0.573 e. The highest BCUT2D eigenvalue weighted by molar-refractivity contribution is 7.89. The van der Waals surface area contributed by atoms with E-state index in [2.05, 4.69) is 19.4 Å². The summed E-state index contributed by atoms with van der Waals surface area (Å²) in [6.07, 6.45) is -3.75. The fourth-order valence-corrected chi connectivity index (χ4v) is 3.67. The highest BCUT2D eigenvalue weighted by Gasteiger charge is 2.33. The third-order valence-corrected chi connectivity index (χ3v) is 5.36. The first-order chi connectivity index (χ1) is 14.2. The van der Waals surface area contributed by atoms with Crippen molar-refractivity contribution in [2.24, 2.45) is 0 Å². The number of rotatable bonds is 7. The first-order valence-electron chi connectivity index (χ1n) is 8.48. The minimum absolute atomic E-state index is 0.256. The van der Waals surface area contributed by atoms with Crippen molar-refractivity contribution in [2.45, 2.75) is 17.8 Å². The molecule has 7 nitrogen and oxygen atoms in total. The van der Waals surface area contributed by atoms with E-state index in [0.717, 1.165) is 17.7 Å². The minimum Gasteiger partial charge on any atom is -0.497 e. The van der Waals surface area contributed by atoms with Gasteiger partial charge in [0.2, 0.25) is 10.0 Å². The third kappa shape index (κ3) is 5.45. The van der Waals surface area contributed by atoms with Crippen LogP contribution in [0.25, 0.3) is 11.3 Å². The second kappa shape index (κ2) is 8.67. The van der Waals surface area contributed by atoms with Gasteiger partial charge in [0.05, 0.1) is 25.0 Å². The van der Waals surface area contributed by atoms with E-state index in [4.69, 9.17) is 4.74 Å². The monoisotopic (exact) mass is 439 g/mol. The Bertz CT molecular complexity index is 1120. The number of halogens is 3. The predicted molar refractivity (Wildman–Crippen MR) is 101 cm³/mol. The molecule has 11 heteroatoms. The molecule has 0 unspecified atom stereocenters. The zero-order chi connectivity index (χ0) is 21.8. The second-order valence-corrected chi connectivity index (χ2v) is 7.68. The van der Waals surface area contributed by atoms with Crippen LogP contribution in [0.4, 0.5) is 13.2 Å². The van der Waals surface area contributed by atoms with Gasteiger partial charge in [-0.25, -0.2) is 23.1 Å². The standard InChI is InChI=1S/C19H16F3N3O4S/c1-28-15-8-6-13(7-9-15)16-10-14(23-12-24-16)11-25-30(26,27)18-5-3-2-4-17(18)29-19(20,21)22/h2-10,12,25H,11H2,1H3. The Balaban J connectivity index is 1.78. The molecule has 3 rings (SSSR count). The van der Waals surface area contributed by atoms with Crippen molar-refractivity contribution in [3.63, 3.8) is 0 Å². The molecular formula is C19H16F3N3O4S. The Kier molecular flexibility index (Phi) is 6.22. The number of methoxy groups -OCH3 is 1. The van der Waals surface area contributed by atoms with E-state index in [1.807, 2.05) is 0 Å². The number of sulfonamides is 1. The van der Waals surface area contributed by atoms with Gasteiger partial charge in [-0.15, -0.1) is 13.2 Å². The highest BCUT2D eigenvalue weighted by Crippen LogP contribution is 2.29. The fourth-order valence-electron chi connectivity index (χ4n) is 2.54. The number of hydrogen-bond donors (Lipinski definition) is 1. The molecule has 0 amide bonds. The summed E-state index contributed by atoms with van der Waals surface area (Å²) in [7, 11) is -2.76. The summed E-state index contributed by atoms with van der Waals surface area (Å²) in [5.74, 6) is -0.153. The van der Waals surface area contributed by atoms with Gasteiger partial charge >= 0.3 is 6.36 Å². The summed E-state index contributed by atoms with van der Waals surface area (Å²) in [5.41, 5.74) is 1.63. The first-order valence-corrected chi connectivity index (χ1v) is 9.96. The lowest BCUT2D eigenvalue weighted by Gasteiger charge is -2.14. The van der Waals surface area contributed by atoms with Crippen LogP contribution in [-0.4, -0.2) is 31.9 Å². The Morgan fingerprint density at radius 2 is 1.73 bits per heavy atom. The van der Waals surface area contributed by atoms with Gasteiger partial charge < -0.3 is 9.47 Å². The van der Waals surface area contributed by atoms with E-state index in [1.54, 1.807) is 37.4 Å². The van der Waals surface area contributed by atoms with Gasteiger partial charge in [0.25, 0.3) is 0 Å². The maximum absolute atomic E-state index is 12.6. The molecule has 3 aromatic rings. The van der Waals surface area contributed by atoms with E-state index in [9.17, 15) is 21.6 Å². The van der Waals surface area contributed by atoms with Gasteiger partial charge in [-0.1, -0.05) is 12.1 Å². The van der Waals surface area contributed by atoms with Gasteiger partial charge in [-0.05, 0) is 42.5 Å². The molecule has 1 N–H and O–H groups in total. The van der Waals surface area contributed by atoms with Crippen molar-refractivity contribution >= 4 is 10.0 Å². The van der Waals surface area contributed by atoms with Crippen LogP contribution >= 0.6 is 0 Å². The fraction of sp³-hybridized carbons (Fsp3) is 0.158. The van der Waals surface area contributed by atoms with Gasteiger partial charge in [-0.3, -0.25) is 0 Å². The third-order valence-electron chi connectivity index (χ3n) is 3.92. The smallest absolute Gasteiger partial charge is 0.497 e. The SMILES string of the molecule is COc1ccc(-c2cc(CNS(=O)(=O)c3ccccc3OC(F)(F)F)ncn2)cc1. The topological polar surface area (TPSA) is 90.4 Å². The Morgan fingerprint density at radius 3 is 2.40 bits per heavy atom. The molecule has 0 aliphatic rings.